The van der Waals surface area contributed by atoms with Crippen LogP contribution in [0.4, 0.5) is 0 Å². The fourth-order valence-electron chi connectivity index (χ4n) is 5.93. The van der Waals surface area contributed by atoms with Crippen LogP contribution in [0.15, 0.2) is 21.9 Å². The van der Waals surface area contributed by atoms with Crippen molar-refractivity contribution in [2.45, 2.75) is 102 Å². The minimum Gasteiger partial charge on any atom is -0.353 e. The van der Waals surface area contributed by atoms with Crippen molar-refractivity contribution >= 4 is 35.3 Å². The number of hydrogen-bond acceptors (Lipinski definition) is 6. The first kappa shape index (κ1) is 26.5. The smallest absolute Gasteiger partial charge is 0.249 e. The van der Waals surface area contributed by atoms with Gasteiger partial charge in [0.05, 0.1) is 22.4 Å². The first-order valence-electron chi connectivity index (χ1n) is 13.4. The first-order chi connectivity index (χ1) is 17.0. The lowest BCUT2D eigenvalue weighted by Crippen LogP contribution is -2.43. The number of carbonyl (C=O) groups excluding carboxylic acids is 2. The molecule has 4 rings (SSSR count). The van der Waals surface area contributed by atoms with Crippen LogP contribution in [0.25, 0.3) is 0 Å². The molecule has 35 heavy (non-hydrogen) atoms. The van der Waals surface area contributed by atoms with Gasteiger partial charge in [0.2, 0.25) is 11.8 Å². The second kappa shape index (κ2) is 12.6. The summed E-state index contributed by atoms with van der Waals surface area (Å²) < 4.78 is 0. The molecule has 2 atom stereocenters. The van der Waals surface area contributed by atoms with Crippen molar-refractivity contribution in [1.82, 2.24) is 16.0 Å². The van der Waals surface area contributed by atoms with Gasteiger partial charge in [-0.15, -0.1) is 0 Å². The maximum Gasteiger partial charge on any atom is 0.249 e. The average Bonchev–Trinajstić information content (AvgIpc) is 3.39. The fraction of sp³-hybridized carbons (Fsp3) is 0.741. The number of dihydropyridines is 1. The van der Waals surface area contributed by atoms with Gasteiger partial charge in [0.15, 0.2) is 0 Å². The Morgan fingerprint density at radius 1 is 1.03 bits per heavy atom. The zero-order valence-corrected chi connectivity index (χ0v) is 22.8. The topological polar surface area (TPSA) is 94.0 Å². The summed E-state index contributed by atoms with van der Waals surface area (Å²) in [5.74, 6) is 1.87. The van der Waals surface area contributed by atoms with Gasteiger partial charge in [-0.25, -0.2) is 0 Å². The summed E-state index contributed by atoms with van der Waals surface area (Å²) in [6.45, 7) is 4.22. The Bertz CT molecular complexity index is 889. The Morgan fingerprint density at radius 2 is 1.74 bits per heavy atom. The predicted molar refractivity (Wildman–Crippen MR) is 144 cm³/mol. The number of nitrogens with zero attached hydrogens (tertiary/aromatic N) is 1. The molecule has 0 spiro atoms. The molecule has 3 N–H and O–H groups in total. The number of thioether (sulfide) groups is 2. The summed E-state index contributed by atoms with van der Waals surface area (Å²) in [7, 11) is 0. The third-order valence-corrected chi connectivity index (χ3v) is 10.4. The number of nitriles is 1. The molecule has 2 amide bonds. The van der Waals surface area contributed by atoms with Crippen molar-refractivity contribution in [3.8, 4) is 6.07 Å². The molecule has 3 fully saturated rings. The zero-order valence-electron chi connectivity index (χ0n) is 21.2. The lowest BCUT2D eigenvalue weighted by Gasteiger charge is -2.34. The van der Waals surface area contributed by atoms with Crippen molar-refractivity contribution in [2.75, 3.05) is 11.5 Å². The third kappa shape index (κ3) is 6.80. The zero-order chi connectivity index (χ0) is 24.8. The van der Waals surface area contributed by atoms with Gasteiger partial charge < -0.3 is 16.0 Å². The second-order valence-electron chi connectivity index (χ2n) is 10.7. The molecule has 0 bridgehead atoms. The van der Waals surface area contributed by atoms with Crippen molar-refractivity contribution in [2.24, 2.45) is 11.8 Å². The molecule has 0 aromatic carbocycles. The van der Waals surface area contributed by atoms with E-state index in [9.17, 15) is 14.9 Å². The van der Waals surface area contributed by atoms with Crippen molar-refractivity contribution < 1.29 is 9.59 Å². The highest BCUT2D eigenvalue weighted by atomic mass is 32.2. The molecule has 4 aliphatic rings. The lowest BCUT2D eigenvalue weighted by atomic mass is 9.83. The van der Waals surface area contributed by atoms with E-state index >= 15 is 0 Å². The van der Waals surface area contributed by atoms with Crippen molar-refractivity contribution in [3.63, 3.8) is 0 Å². The Balaban J connectivity index is 1.46. The van der Waals surface area contributed by atoms with E-state index < -0.39 is 0 Å². The number of allylic oxidation sites excluding steroid dienone is 2. The molecule has 192 valence electrons. The largest absolute Gasteiger partial charge is 0.353 e. The van der Waals surface area contributed by atoms with Crippen LogP contribution in [-0.2, 0) is 9.59 Å². The second-order valence-corrected chi connectivity index (χ2v) is 13.0. The molecule has 6 nitrogen and oxygen atoms in total. The summed E-state index contributed by atoms with van der Waals surface area (Å²) in [5.41, 5.74) is 2.16. The Kier molecular flexibility index (Phi) is 9.52. The van der Waals surface area contributed by atoms with Crippen LogP contribution < -0.4 is 16.0 Å². The molecule has 2 unspecified atom stereocenters. The standard InChI is InChI=1S/C27H40N4O2S2/c1-17-10-12-20(13-11-17)30-23(32)16-35-27-21(15-28)25(22-9-6-14-34-22)24(18(2)29-27)26(33)31-19-7-4-3-5-8-19/h17,19-20,22,25,29H,3-14,16H2,1-2H3,(H,30,32)(H,31,33). The molecule has 8 heteroatoms. The molecule has 0 radical (unpaired) electrons. The van der Waals surface area contributed by atoms with Crippen LogP contribution in [-0.4, -0.2) is 40.7 Å². The minimum absolute atomic E-state index is 0.0235. The van der Waals surface area contributed by atoms with E-state index in [1.54, 1.807) is 0 Å². The monoisotopic (exact) mass is 516 g/mol. The highest BCUT2D eigenvalue weighted by Crippen LogP contribution is 2.44. The van der Waals surface area contributed by atoms with E-state index in [0.717, 1.165) is 79.3 Å². The van der Waals surface area contributed by atoms with Crippen molar-refractivity contribution in [1.29, 1.82) is 5.26 Å². The summed E-state index contributed by atoms with van der Waals surface area (Å²) in [6.07, 6.45) is 12.2. The first-order valence-corrected chi connectivity index (χ1v) is 15.5. The molecule has 2 heterocycles. The van der Waals surface area contributed by atoms with E-state index in [1.165, 1.54) is 31.0 Å². The number of hydrogen-bond donors (Lipinski definition) is 3. The Morgan fingerprint density at radius 3 is 2.40 bits per heavy atom. The molecule has 0 aromatic rings. The van der Waals surface area contributed by atoms with E-state index in [4.69, 9.17) is 0 Å². The number of amides is 2. The number of carbonyl (C=O) groups is 2. The van der Waals surface area contributed by atoms with Crippen LogP contribution in [0.2, 0.25) is 0 Å². The fourth-order valence-corrected chi connectivity index (χ4v) is 8.27. The normalized spacial score (nSPS) is 30.0. The van der Waals surface area contributed by atoms with Crippen LogP contribution >= 0.6 is 23.5 Å². The molecular formula is C27H40N4O2S2. The van der Waals surface area contributed by atoms with E-state index in [1.807, 2.05) is 18.7 Å². The SMILES string of the molecule is CC1=C(C(=O)NC2CCCCC2)C(C2CCCS2)C(C#N)=C(SCC(=O)NC2CCC(C)CC2)N1. The summed E-state index contributed by atoms with van der Waals surface area (Å²) in [6, 6.07) is 2.93. The quantitative estimate of drug-likeness (QED) is 0.441. The summed E-state index contributed by atoms with van der Waals surface area (Å²) in [5, 5.41) is 21.0. The summed E-state index contributed by atoms with van der Waals surface area (Å²) >= 11 is 3.27. The van der Waals surface area contributed by atoms with Gasteiger partial charge in [0.25, 0.3) is 0 Å². The molecule has 0 aromatic heterocycles. The van der Waals surface area contributed by atoms with Gasteiger partial charge in [-0.1, -0.05) is 37.9 Å². The number of rotatable bonds is 7. The van der Waals surface area contributed by atoms with Crippen LogP contribution in [0.5, 0.6) is 0 Å². The van der Waals surface area contributed by atoms with E-state index in [2.05, 4.69) is 28.9 Å². The Hall–Kier alpha value is -1.59. The highest BCUT2D eigenvalue weighted by molar-refractivity contribution is 8.03. The van der Waals surface area contributed by atoms with Gasteiger partial charge in [0, 0.05) is 34.5 Å². The predicted octanol–water partition coefficient (Wildman–Crippen LogP) is 4.99. The molecule has 2 saturated carbocycles. The molecule has 2 aliphatic carbocycles. The maximum atomic E-state index is 13.5. The molecule has 1 saturated heterocycles. The molecule has 2 aliphatic heterocycles. The van der Waals surface area contributed by atoms with Gasteiger partial charge in [-0.3, -0.25) is 9.59 Å². The van der Waals surface area contributed by atoms with Gasteiger partial charge >= 0.3 is 0 Å². The third-order valence-electron chi connectivity index (χ3n) is 7.94. The van der Waals surface area contributed by atoms with Crippen LogP contribution in [0.3, 0.4) is 0 Å². The maximum absolute atomic E-state index is 13.5. The van der Waals surface area contributed by atoms with Crippen LogP contribution in [0.1, 0.15) is 84.5 Å². The Labute approximate surface area is 218 Å². The molecular weight excluding hydrogens is 476 g/mol. The average molecular weight is 517 g/mol. The summed E-state index contributed by atoms with van der Waals surface area (Å²) in [4.78, 5) is 26.2. The minimum atomic E-state index is -0.220. The van der Waals surface area contributed by atoms with Gasteiger partial charge in [0.1, 0.15) is 0 Å². The van der Waals surface area contributed by atoms with Crippen molar-refractivity contribution in [3.05, 3.63) is 21.9 Å². The number of nitrogens with one attached hydrogen (secondary N) is 3. The lowest BCUT2D eigenvalue weighted by molar-refractivity contribution is -0.120. The van der Waals surface area contributed by atoms with Gasteiger partial charge in [-0.2, -0.15) is 17.0 Å². The van der Waals surface area contributed by atoms with Gasteiger partial charge in [-0.05, 0) is 70.0 Å². The van der Waals surface area contributed by atoms with E-state index in [-0.39, 0.29) is 40.8 Å². The van der Waals surface area contributed by atoms with E-state index in [0.29, 0.717) is 5.57 Å². The van der Waals surface area contributed by atoms with Crippen LogP contribution in [0, 0.1) is 23.2 Å². The highest BCUT2D eigenvalue weighted by Gasteiger charge is 2.40.